The van der Waals surface area contributed by atoms with Crippen molar-refractivity contribution in [2.45, 2.75) is 13.0 Å². The van der Waals surface area contributed by atoms with Crippen molar-refractivity contribution in [3.8, 4) is 0 Å². The second kappa shape index (κ2) is 4.91. The molecule has 0 aliphatic rings. The molecule has 0 saturated carbocycles. The summed E-state index contributed by atoms with van der Waals surface area (Å²) in [5, 5.41) is 0. The molecule has 4 nitrogen and oxygen atoms in total. The summed E-state index contributed by atoms with van der Waals surface area (Å²) in [6, 6.07) is 1.97. The summed E-state index contributed by atoms with van der Waals surface area (Å²) < 4.78 is 5.03. The molecule has 0 bridgehead atoms. The molecule has 13 heavy (non-hydrogen) atoms. The molecule has 0 radical (unpaired) electrons. The topological polar surface area (TPSA) is 60.2 Å². The smallest absolute Gasteiger partial charge is 0.0711 e. The lowest BCUT2D eigenvalue weighted by Gasteiger charge is -2.16. The van der Waals surface area contributed by atoms with Crippen molar-refractivity contribution in [1.29, 1.82) is 0 Å². The highest BCUT2D eigenvalue weighted by atomic mass is 16.5. The van der Waals surface area contributed by atoms with Gasteiger partial charge in [0.25, 0.3) is 0 Å². The van der Waals surface area contributed by atoms with Crippen LogP contribution in [0.5, 0.6) is 0 Å². The zero-order chi connectivity index (χ0) is 9.68. The molecule has 1 aromatic heterocycles. The van der Waals surface area contributed by atoms with Crippen molar-refractivity contribution in [1.82, 2.24) is 10.4 Å². The number of aryl methyl sites for hydroxylation is 1. The summed E-state index contributed by atoms with van der Waals surface area (Å²) >= 11 is 0. The predicted octanol–water partition coefficient (Wildman–Crippen LogP) is 0.541. The fourth-order valence-electron chi connectivity index (χ4n) is 1.24. The van der Waals surface area contributed by atoms with Crippen LogP contribution in [0.15, 0.2) is 18.5 Å². The number of rotatable bonds is 4. The summed E-state index contributed by atoms with van der Waals surface area (Å²) in [6.07, 6.45) is 3.57. The van der Waals surface area contributed by atoms with Crippen LogP contribution in [-0.2, 0) is 4.74 Å². The largest absolute Gasteiger partial charge is 0.383 e. The van der Waals surface area contributed by atoms with E-state index in [4.69, 9.17) is 10.6 Å². The lowest BCUT2D eigenvalue weighted by atomic mass is 10.1. The number of ether oxygens (including phenoxy) is 1. The Bertz CT molecular complexity index is 265. The quantitative estimate of drug-likeness (QED) is 0.526. The van der Waals surface area contributed by atoms with Gasteiger partial charge in [-0.3, -0.25) is 16.3 Å². The molecule has 0 aliphatic carbocycles. The Labute approximate surface area is 78.1 Å². The number of nitrogens with zero attached hydrogens (tertiary/aromatic N) is 1. The lowest BCUT2D eigenvalue weighted by Crippen LogP contribution is -2.31. The van der Waals surface area contributed by atoms with Gasteiger partial charge in [-0.05, 0) is 24.1 Å². The van der Waals surface area contributed by atoms with Gasteiger partial charge in [-0.1, -0.05) is 0 Å². The van der Waals surface area contributed by atoms with E-state index in [2.05, 4.69) is 10.4 Å². The Balaban J connectivity index is 2.84. The van der Waals surface area contributed by atoms with Gasteiger partial charge in [0.15, 0.2) is 0 Å². The average Bonchev–Trinajstić information content (AvgIpc) is 2.16. The number of methoxy groups -OCH3 is 1. The fraction of sp³-hybridized carbons (Fsp3) is 0.444. The fourth-order valence-corrected chi connectivity index (χ4v) is 1.24. The minimum atomic E-state index is 0.0127. The third-order valence-electron chi connectivity index (χ3n) is 1.99. The number of pyridine rings is 1. The van der Waals surface area contributed by atoms with E-state index < -0.39 is 0 Å². The molecule has 0 aromatic carbocycles. The number of nitrogens with one attached hydrogen (secondary N) is 1. The van der Waals surface area contributed by atoms with Gasteiger partial charge in [0.1, 0.15) is 0 Å². The third kappa shape index (κ3) is 2.48. The lowest BCUT2D eigenvalue weighted by molar-refractivity contribution is 0.167. The second-order valence-corrected chi connectivity index (χ2v) is 2.91. The molecule has 4 heteroatoms. The summed E-state index contributed by atoms with van der Waals surface area (Å²) in [4.78, 5) is 4.05. The number of hydrogen-bond acceptors (Lipinski definition) is 4. The molecule has 1 atom stereocenters. The first-order valence-electron chi connectivity index (χ1n) is 4.15. The summed E-state index contributed by atoms with van der Waals surface area (Å²) in [6.45, 7) is 2.57. The van der Waals surface area contributed by atoms with Crippen molar-refractivity contribution in [3.05, 3.63) is 29.6 Å². The van der Waals surface area contributed by atoms with Crippen molar-refractivity contribution < 1.29 is 4.74 Å². The van der Waals surface area contributed by atoms with Gasteiger partial charge in [0.05, 0.1) is 12.6 Å². The molecule has 72 valence electrons. The van der Waals surface area contributed by atoms with E-state index in [1.165, 1.54) is 0 Å². The Hall–Kier alpha value is -0.970. The third-order valence-corrected chi connectivity index (χ3v) is 1.99. The normalized spacial score (nSPS) is 12.8. The molecular formula is C9H15N3O. The van der Waals surface area contributed by atoms with Crippen LogP contribution in [-0.4, -0.2) is 18.7 Å². The molecule has 0 amide bonds. The molecule has 0 spiro atoms. The maximum atomic E-state index is 5.40. The van der Waals surface area contributed by atoms with Crippen LogP contribution in [0.1, 0.15) is 17.2 Å². The molecule has 1 unspecified atom stereocenters. The minimum Gasteiger partial charge on any atom is -0.383 e. The van der Waals surface area contributed by atoms with E-state index in [0.717, 1.165) is 11.1 Å². The van der Waals surface area contributed by atoms with E-state index in [0.29, 0.717) is 6.61 Å². The van der Waals surface area contributed by atoms with Crippen molar-refractivity contribution in [2.75, 3.05) is 13.7 Å². The van der Waals surface area contributed by atoms with Crippen LogP contribution in [0.25, 0.3) is 0 Å². The molecule has 0 aliphatic heterocycles. The van der Waals surface area contributed by atoms with Crippen molar-refractivity contribution in [2.24, 2.45) is 5.84 Å². The van der Waals surface area contributed by atoms with Crippen LogP contribution < -0.4 is 11.3 Å². The van der Waals surface area contributed by atoms with Crippen LogP contribution in [0.2, 0.25) is 0 Å². The highest BCUT2D eigenvalue weighted by molar-refractivity contribution is 5.24. The van der Waals surface area contributed by atoms with Gasteiger partial charge in [0.2, 0.25) is 0 Å². The zero-order valence-corrected chi connectivity index (χ0v) is 7.95. The summed E-state index contributed by atoms with van der Waals surface area (Å²) in [5.41, 5.74) is 4.93. The highest BCUT2D eigenvalue weighted by Crippen LogP contribution is 2.15. The predicted molar refractivity (Wildman–Crippen MR) is 50.9 cm³/mol. The van der Waals surface area contributed by atoms with E-state index in [-0.39, 0.29) is 6.04 Å². The van der Waals surface area contributed by atoms with Crippen LogP contribution in [0.3, 0.4) is 0 Å². The first kappa shape index (κ1) is 10.1. The Kier molecular flexibility index (Phi) is 3.82. The first-order valence-corrected chi connectivity index (χ1v) is 4.15. The molecule has 0 saturated heterocycles. The monoisotopic (exact) mass is 181 g/mol. The van der Waals surface area contributed by atoms with Gasteiger partial charge < -0.3 is 4.74 Å². The van der Waals surface area contributed by atoms with Gasteiger partial charge >= 0.3 is 0 Å². The van der Waals surface area contributed by atoms with E-state index in [9.17, 15) is 0 Å². The van der Waals surface area contributed by atoms with E-state index in [1.807, 2.05) is 13.0 Å². The molecule has 1 heterocycles. The minimum absolute atomic E-state index is 0.0127. The Morgan fingerprint density at radius 1 is 1.69 bits per heavy atom. The highest BCUT2D eigenvalue weighted by Gasteiger charge is 2.11. The van der Waals surface area contributed by atoms with E-state index in [1.54, 1.807) is 19.5 Å². The zero-order valence-electron chi connectivity index (χ0n) is 7.95. The van der Waals surface area contributed by atoms with Crippen LogP contribution >= 0.6 is 0 Å². The Morgan fingerprint density at radius 2 is 2.46 bits per heavy atom. The number of hydrogen-bond donors (Lipinski definition) is 2. The van der Waals surface area contributed by atoms with Crippen molar-refractivity contribution in [3.63, 3.8) is 0 Å². The van der Waals surface area contributed by atoms with Gasteiger partial charge in [-0.25, -0.2) is 0 Å². The maximum absolute atomic E-state index is 5.40. The first-order chi connectivity index (χ1) is 6.29. The number of hydrazine groups is 1. The molecule has 1 aromatic rings. The van der Waals surface area contributed by atoms with Crippen LogP contribution in [0.4, 0.5) is 0 Å². The summed E-state index contributed by atoms with van der Waals surface area (Å²) in [7, 11) is 1.65. The standard InChI is InChI=1S/C9H15N3O/c1-7-3-4-11-5-8(7)9(12-10)6-13-2/h3-5,9,12H,6,10H2,1-2H3. The SMILES string of the molecule is COCC(NN)c1cnccc1C. The number of aromatic nitrogens is 1. The maximum Gasteiger partial charge on any atom is 0.0711 e. The Morgan fingerprint density at radius 3 is 3.00 bits per heavy atom. The molecular weight excluding hydrogens is 166 g/mol. The molecule has 0 fully saturated rings. The van der Waals surface area contributed by atoms with Gasteiger partial charge in [-0.2, -0.15) is 0 Å². The van der Waals surface area contributed by atoms with Crippen molar-refractivity contribution >= 4 is 0 Å². The van der Waals surface area contributed by atoms with E-state index >= 15 is 0 Å². The summed E-state index contributed by atoms with van der Waals surface area (Å²) in [5.74, 6) is 5.40. The second-order valence-electron chi connectivity index (χ2n) is 2.91. The van der Waals surface area contributed by atoms with Crippen LogP contribution in [0, 0.1) is 6.92 Å². The van der Waals surface area contributed by atoms with Gasteiger partial charge in [0, 0.05) is 19.5 Å². The van der Waals surface area contributed by atoms with Gasteiger partial charge in [-0.15, -0.1) is 0 Å². The molecule has 1 rings (SSSR count). The molecule has 3 N–H and O–H groups in total. The average molecular weight is 181 g/mol. The number of nitrogens with two attached hydrogens (primary N) is 1.